The maximum absolute atomic E-state index is 12.5. The van der Waals surface area contributed by atoms with Gasteiger partial charge in [-0.25, -0.2) is 8.42 Å². The number of nitriles is 1. The van der Waals surface area contributed by atoms with Gasteiger partial charge in [-0.15, -0.1) is 11.3 Å². The van der Waals surface area contributed by atoms with Crippen LogP contribution in [-0.2, 0) is 14.8 Å². The zero-order valence-corrected chi connectivity index (χ0v) is 13.2. The number of carboxylic acids is 1. The number of carbonyl (C=O) groups is 1. The lowest BCUT2D eigenvalue weighted by molar-refractivity contribution is -0.151. The maximum atomic E-state index is 12.5. The van der Waals surface area contributed by atoms with Gasteiger partial charge in [0.05, 0.1) is 5.41 Å². The molecule has 114 valence electrons. The molecule has 0 unspecified atom stereocenters. The van der Waals surface area contributed by atoms with Crippen LogP contribution >= 0.6 is 11.3 Å². The third kappa shape index (κ3) is 2.81. The van der Waals surface area contributed by atoms with E-state index >= 15 is 0 Å². The molecule has 1 fully saturated rings. The fourth-order valence-corrected chi connectivity index (χ4v) is 5.22. The van der Waals surface area contributed by atoms with E-state index in [0.29, 0.717) is 24.1 Å². The van der Waals surface area contributed by atoms with Crippen LogP contribution in [0.1, 0.15) is 31.1 Å². The van der Waals surface area contributed by atoms with Crippen molar-refractivity contribution in [3.63, 3.8) is 0 Å². The van der Waals surface area contributed by atoms with Crippen LogP contribution < -0.4 is 0 Å². The molecule has 0 bridgehead atoms. The van der Waals surface area contributed by atoms with E-state index in [1.54, 1.807) is 0 Å². The zero-order chi connectivity index (χ0) is 15.7. The molecule has 0 amide bonds. The van der Waals surface area contributed by atoms with Crippen LogP contribution in [0.4, 0.5) is 0 Å². The van der Waals surface area contributed by atoms with E-state index in [1.165, 1.54) is 16.4 Å². The highest BCUT2D eigenvalue weighted by Gasteiger charge is 2.42. The summed E-state index contributed by atoms with van der Waals surface area (Å²) < 4.78 is 26.4. The molecule has 8 heteroatoms. The second kappa shape index (κ2) is 5.75. The van der Waals surface area contributed by atoms with Crippen LogP contribution in [0.25, 0.3) is 0 Å². The largest absolute Gasteiger partial charge is 0.481 e. The first-order valence-corrected chi connectivity index (χ1v) is 8.85. The lowest BCUT2D eigenvalue weighted by Gasteiger charge is -2.37. The molecule has 2 rings (SSSR count). The fourth-order valence-electron chi connectivity index (χ4n) is 2.52. The van der Waals surface area contributed by atoms with Gasteiger partial charge in [0.25, 0.3) is 10.0 Å². The molecule has 0 saturated carbocycles. The van der Waals surface area contributed by atoms with Gasteiger partial charge < -0.3 is 5.11 Å². The smallest absolute Gasteiger partial charge is 0.309 e. The predicted octanol–water partition coefficient (Wildman–Crippen LogP) is 1.89. The van der Waals surface area contributed by atoms with Crippen LogP contribution in [0.15, 0.2) is 16.3 Å². The third-order valence-corrected chi connectivity index (χ3v) is 7.45. The normalized spacial score (nSPS) is 19.0. The Labute approximate surface area is 127 Å². The topological polar surface area (TPSA) is 98.5 Å². The number of rotatable bonds is 4. The van der Waals surface area contributed by atoms with Crippen molar-refractivity contribution in [1.29, 1.82) is 5.26 Å². The Morgan fingerprint density at radius 3 is 2.52 bits per heavy atom. The van der Waals surface area contributed by atoms with Crippen molar-refractivity contribution >= 4 is 27.3 Å². The minimum atomic E-state index is -3.63. The van der Waals surface area contributed by atoms with Gasteiger partial charge in [-0.1, -0.05) is 6.92 Å². The number of hydrogen-bond donors (Lipinski definition) is 1. The van der Waals surface area contributed by atoms with Crippen LogP contribution in [-0.4, -0.2) is 36.9 Å². The fraction of sp³-hybridized carbons (Fsp3) is 0.538. The zero-order valence-electron chi connectivity index (χ0n) is 11.6. The van der Waals surface area contributed by atoms with Gasteiger partial charge in [-0.2, -0.15) is 9.57 Å². The maximum Gasteiger partial charge on any atom is 0.309 e. The van der Waals surface area contributed by atoms with Gasteiger partial charge in [0.2, 0.25) is 0 Å². The number of aliphatic carboxylic acids is 1. The summed E-state index contributed by atoms with van der Waals surface area (Å²) in [5, 5.41) is 18.1. The van der Waals surface area contributed by atoms with Crippen molar-refractivity contribution in [1.82, 2.24) is 4.31 Å². The van der Waals surface area contributed by atoms with Crippen LogP contribution in [0.2, 0.25) is 0 Å². The van der Waals surface area contributed by atoms with Crippen LogP contribution in [0.3, 0.4) is 0 Å². The third-order valence-electron chi connectivity index (χ3n) is 4.10. The first kappa shape index (κ1) is 15.9. The van der Waals surface area contributed by atoms with E-state index in [-0.39, 0.29) is 17.3 Å². The molecule has 1 aromatic heterocycles. The molecule has 1 N–H and O–H groups in total. The van der Waals surface area contributed by atoms with Gasteiger partial charge in [-0.05, 0) is 31.4 Å². The standard InChI is InChI=1S/C13H16N2O4S2/c1-2-13(12(16)17)5-7-15(8-6-13)21(18,19)11-4-3-10(9-14)20-11/h3-4H,2,5-8H2,1H3,(H,16,17). The van der Waals surface area contributed by atoms with Crippen LogP contribution in [0, 0.1) is 16.7 Å². The van der Waals surface area contributed by atoms with Crippen molar-refractivity contribution in [2.75, 3.05) is 13.1 Å². The highest BCUT2D eigenvalue weighted by Crippen LogP contribution is 2.37. The van der Waals surface area contributed by atoms with Crippen molar-refractivity contribution in [3.05, 3.63) is 17.0 Å². The number of nitrogens with zero attached hydrogens (tertiary/aromatic N) is 2. The van der Waals surface area contributed by atoms with Gasteiger partial charge in [-0.3, -0.25) is 4.79 Å². The summed E-state index contributed by atoms with van der Waals surface area (Å²) >= 11 is 0.938. The Kier molecular flexibility index (Phi) is 4.37. The molecular formula is C13H16N2O4S2. The summed E-state index contributed by atoms with van der Waals surface area (Å²) in [5.74, 6) is -0.857. The van der Waals surface area contributed by atoms with Crippen molar-refractivity contribution < 1.29 is 18.3 Å². The lowest BCUT2D eigenvalue weighted by Crippen LogP contribution is -2.46. The number of thiophene rings is 1. The van der Waals surface area contributed by atoms with E-state index in [4.69, 9.17) is 5.26 Å². The molecule has 21 heavy (non-hydrogen) atoms. The molecule has 0 aliphatic carbocycles. The number of piperidine rings is 1. The minimum Gasteiger partial charge on any atom is -0.481 e. The van der Waals surface area contributed by atoms with E-state index in [2.05, 4.69) is 0 Å². The Morgan fingerprint density at radius 1 is 1.48 bits per heavy atom. The Balaban J connectivity index is 2.18. The molecule has 1 aromatic rings. The summed E-state index contributed by atoms with van der Waals surface area (Å²) in [7, 11) is -3.63. The Bertz CT molecular complexity index is 679. The summed E-state index contributed by atoms with van der Waals surface area (Å²) in [5.41, 5.74) is -0.820. The first-order chi connectivity index (χ1) is 9.85. The lowest BCUT2D eigenvalue weighted by atomic mass is 9.77. The molecule has 1 aliphatic heterocycles. The highest BCUT2D eigenvalue weighted by molar-refractivity contribution is 7.91. The Hall–Kier alpha value is -1.43. The first-order valence-electron chi connectivity index (χ1n) is 6.59. The number of hydrogen-bond acceptors (Lipinski definition) is 5. The molecular weight excluding hydrogens is 312 g/mol. The van der Waals surface area contributed by atoms with E-state index in [1.807, 2.05) is 13.0 Å². The minimum absolute atomic E-state index is 0.137. The molecule has 6 nitrogen and oxygen atoms in total. The summed E-state index contributed by atoms with van der Waals surface area (Å²) in [6.45, 7) is 2.21. The monoisotopic (exact) mass is 328 g/mol. The van der Waals surface area contributed by atoms with Gasteiger partial charge >= 0.3 is 5.97 Å². The van der Waals surface area contributed by atoms with Gasteiger partial charge in [0.1, 0.15) is 15.2 Å². The molecule has 0 atom stereocenters. The van der Waals surface area contributed by atoms with Gasteiger partial charge in [0.15, 0.2) is 0 Å². The molecule has 1 saturated heterocycles. The quantitative estimate of drug-likeness (QED) is 0.910. The average Bonchev–Trinajstić information content (AvgIpc) is 2.96. The number of sulfonamides is 1. The second-order valence-electron chi connectivity index (χ2n) is 5.07. The number of carboxylic acid groups (broad SMARTS) is 1. The highest BCUT2D eigenvalue weighted by atomic mass is 32.2. The summed E-state index contributed by atoms with van der Waals surface area (Å²) in [4.78, 5) is 11.7. The molecule has 0 spiro atoms. The van der Waals surface area contributed by atoms with Crippen LogP contribution in [0.5, 0.6) is 0 Å². The van der Waals surface area contributed by atoms with E-state index < -0.39 is 21.4 Å². The molecule has 0 radical (unpaired) electrons. The van der Waals surface area contributed by atoms with Crippen molar-refractivity contribution in [3.8, 4) is 6.07 Å². The Morgan fingerprint density at radius 2 is 2.10 bits per heavy atom. The summed E-state index contributed by atoms with van der Waals surface area (Å²) in [6, 6.07) is 4.83. The van der Waals surface area contributed by atoms with E-state index in [0.717, 1.165) is 11.3 Å². The van der Waals surface area contributed by atoms with Gasteiger partial charge in [0, 0.05) is 13.1 Å². The predicted molar refractivity (Wildman–Crippen MR) is 77.4 cm³/mol. The summed E-state index contributed by atoms with van der Waals surface area (Å²) in [6.07, 6.45) is 1.12. The van der Waals surface area contributed by atoms with Crippen molar-refractivity contribution in [2.45, 2.75) is 30.4 Å². The SMILES string of the molecule is CCC1(C(=O)O)CCN(S(=O)(=O)c2ccc(C#N)s2)CC1. The van der Waals surface area contributed by atoms with Crippen molar-refractivity contribution in [2.24, 2.45) is 5.41 Å². The van der Waals surface area contributed by atoms with E-state index in [9.17, 15) is 18.3 Å². The molecule has 1 aliphatic rings. The molecule has 0 aromatic carbocycles. The second-order valence-corrected chi connectivity index (χ2v) is 8.32. The molecule has 2 heterocycles. The average molecular weight is 328 g/mol.